The van der Waals surface area contributed by atoms with E-state index < -0.39 is 23.3 Å². The molecule has 0 fully saturated rings. The lowest BCUT2D eigenvalue weighted by Crippen LogP contribution is -2.14. The van der Waals surface area contributed by atoms with Crippen molar-refractivity contribution in [1.82, 2.24) is 0 Å². The minimum atomic E-state index is -4.72. The maximum Gasteiger partial charge on any atom is 0.420 e. The zero-order valence-electron chi connectivity index (χ0n) is 11.3. The molecule has 0 aliphatic rings. The van der Waals surface area contributed by atoms with Crippen LogP contribution in [0.3, 0.4) is 0 Å². The highest BCUT2D eigenvalue weighted by molar-refractivity contribution is 5.49. The number of ether oxygens (including phenoxy) is 2. The zero-order valence-corrected chi connectivity index (χ0v) is 11.3. The molecule has 2 N–H and O–H groups in total. The summed E-state index contributed by atoms with van der Waals surface area (Å²) in [6.07, 6.45) is -4.19. The minimum absolute atomic E-state index is 0.00546. The number of hydrogen-bond donors (Lipinski definition) is 1. The highest BCUT2D eigenvalue weighted by Gasteiger charge is 2.38. The van der Waals surface area contributed by atoms with Crippen LogP contribution in [-0.4, -0.2) is 20.3 Å². The molecule has 0 amide bonds. The SMILES string of the molecule is CCCOc1c(C(F)(F)F)cc(OC)c(CCN)c1F. The second-order valence-electron chi connectivity index (χ2n) is 4.13. The Labute approximate surface area is 114 Å². The van der Waals surface area contributed by atoms with E-state index in [1.54, 1.807) is 6.92 Å². The first-order valence-corrected chi connectivity index (χ1v) is 6.16. The van der Waals surface area contributed by atoms with Gasteiger partial charge in [-0.25, -0.2) is 4.39 Å². The van der Waals surface area contributed by atoms with Gasteiger partial charge in [0.15, 0.2) is 11.6 Å². The molecular formula is C13H17F4NO2. The molecule has 0 bridgehead atoms. The van der Waals surface area contributed by atoms with Crippen LogP contribution in [0.15, 0.2) is 6.07 Å². The summed E-state index contributed by atoms with van der Waals surface area (Å²) in [6.45, 7) is 1.80. The molecule has 0 unspecified atom stereocenters. The van der Waals surface area contributed by atoms with E-state index in [1.165, 1.54) is 7.11 Å². The fourth-order valence-electron chi connectivity index (χ4n) is 1.76. The predicted octanol–water partition coefficient (Wildman–Crippen LogP) is 3.14. The van der Waals surface area contributed by atoms with Crippen LogP contribution in [-0.2, 0) is 12.6 Å². The van der Waals surface area contributed by atoms with Crippen LogP contribution in [0.25, 0.3) is 0 Å². The van der Waals surface area contributed by atoms with Gasteiger partial charge < -0.3 is 15.2 Å². The average Bonchev–Trinajstić information content (AvgIpc) is 2.38. The second-order valence-corrected chi connectivity index (χ2v) is 4.13. The monoisotopic (exact) mass is 295 g/mol. The Kier molecular flexibility index (Phi) is 5.62. The van der Waals surface area contributed by atoms with Gasteiger partial charge in [-0.3, -0.25) is 0 Å². The summed E-state index contributed by atoms with van der Waals surface area (Å²) < 4.78 is 62.9. The standard InChI is InChI=1S/C13H17F4NO2/c1-3-6-20-12-9(13(15,16)17)7-10(19-2)8(4-5-18)11(12)14/h7H,3-6,18H2,1-2H3. The van der Waals surface area contributed by atoms with Crippen LogP contribution in [0.1, 0.15) is 24.5 Å². The minimum Gasteiger partial charge on any atom is -0.496 e. The lowest BCUT2D eigenvalue weighted by molar-refractivity contribution is -0.139. The number of nitrogens with two attached hydrogens (primary N) is 1. The van der Waals surface area contributed by atoms with Gasteiger partial charge in [0.25, 0.3) is 0 Å². The average molecular weight is 295 g/mol. The van der Waals surface area contributed by atoms with E-state index in [4.69, 9.17) is 15.2 Å². The van der Waals surface area contributed by atoms with E-state index in [-0.39, 0.29) is 30.9 Å². The number of benzene rings is 1. The maximum absolute atomic E-state index is 14.3. The number of halogens is 4. The van der Waals surface area contributed by atoms with E-state index in [2.05, 4.69) is 0 Å². The summed E-state index contributed by atoms with van der Waals surface area (Å²) in [4.78, 5) is 0. The summed E-state index contributed by atoms with van der Waals surface area (Å²) in [5.74, 6) is -2.02. The molecule has 3 nitrogen and oxygen atoms in total. The number of alkyl halides is 3. The van der Waals surface area contributed by atoms with Crippen LogP contribution in [0.5, 0.6) is 11.5 Å². The lowest BCUT2D eigenvalue weighted by atomic mass is 10.0. The molecule has 0 saturated carbocycles. The quantitative estimate of drug-likeness (QED) is 0.820. The normalized spacial score (nSPS) is 11.6. The Morgan fingerprint density at radius 1 is 1.30 bits per heavy atom. The van der Waals surface area contributed by atoms with E-state index in [9.17, 15) is 17.6 Å². The Bertz CT molecular complexity index is 461. The van der Waals surface area contributed by atoms with Gasteiger partial charge in [-0.05, 0) is 25.5 Å². The number of rotatable bonds is 6. The van der Waals surface area contributed by atoms with Crippen molar-refractivity contribution in [3.05, 3.63) is 23.0 Å². The van der Waals surface area contributed by atoms with Gasteiger partial charge in [0.2, 0.25) is 0 Å². The van der Waals surface area contributed by atoms with Crippen molar-refractivity contribution in [3.8, 4) is 11.5 Å². The van der Waals surface area contributed by atoms with Crippen molar-refractivity contribution in [2.24, 2.45) is 5.73 Å². The van der Waals surface area contributed by atoms with Crippen LogP contribution in [0.2, 0.25) is 0 Å². The van der Waals surface area contributed by atoms with Crippen LogP contribution < -0.4 is 15.2 Å². The molecule has 1 aromatic carbocycles. The topological polar surface area (TPSA) is 44.5 Å². The largest absolute Gasteiger partial charge is 0.496 e. The zero-order chi connectivity index (χ0) is 15.3. The fraction of sp³-hybridized carbons (Fsp3) is 0.538. The molecule has 114 valence electrons. The molecule has 0 heterocycles. The van der Waals surface area contributed by atoms with E-state index in [0.29, 0.717) is 6.42 Å². The van der Waals surface area contributed by atoms with E-state index in [1.807, 2.05) is 0 Å². The van der Waals surface area contributed by atoms with Crippen molar-refractivity contribution in [2.75, 3.05) is 20.3 Å². The molecule has 0 spiro atoms. The first-order valence-electron chi connectivity index (χ1n) is 6.16. The highest BCUT2D eigenvalue weighted by Crippen LogP contribution is 2.42. The van der Waals surface area contributed by atoms with Gasteiger partial charge in [-0.1, -0.05) is 6.92 Å². The van der Waals surface area contributed by atoms with Gasteiger partial charge in [0.1, 0.15) is 11.3 Å². The molecular weight excluding hydrogens is 278 g/mol. The molecule has 1 aromatic rings. The molecule has 0 atom stereocenters. The third-order valence-electron chi connectivity index (χ3n) is 2.65. The molecule has 1 rings (SSSR count). The molecule has 0 aliphatic carbocycles. The van der Waals surface area contributed by atoms with Crippen molar-refractivity contribution in [3.63, 3.8) is 0 Å². The molecule has 0 radical (unpaired) electrons. The van der Waals surface area contributed by atoms with Gasteiger partial charge in [-0.15, -0.1) is 0 Å². The van der Waals surface area contributed by atoms with Gasteiger partial charge in [-0.2, -0.15) is 13.2 Å². The van der Waals surface area contributed by atoms with Crippen molar-refractivity contribution >= 4 is 0 Å². The predicted molar refractivity (Wildman–Crippen MR) is 66.5 cm³/mol. The maximum atomic E-state index is 14.3. The Hall–Kier alpha value is -1.50. The van der Waals surface area contributed by atoms with Gasteiger partial charge in [0.05, 0.1) is 13.7 Å². The summed E-state index contributed by atoms with van der Waals surface area (Å²) in [7, 11) is 1.18. The fourth-order valence-corrected chi connectivity index (χ4v) is 1.76. The van der Waals surface area contributed by atoms with Crippen LogP contribution in [0.4, 0.5) is 17.6 Å². The van der Waals surface area contributed by atoms with E-state index >= 15 is 0 Å². The summed E-state index contributed by atoms with van der Waals surface area (Å²) in [5.41, 5.74) is 4.16. The molecule has 0 aliphatic heterocycles. The van der Waals surface area contributed by atoms with Crippen LogP contribution >= 0.6 is 0 Å². The molecule has 20 heavy (non-hydrogen) atoms. The molecule has 0 aromatic heterocycles. The highest BCUT2D eigenvalue weighted by atomic mass is 19.4. The van der Waals surface area contributed by atoms with E-state index in [0.717, 1.165) is 6.07 Å². The van der Waals surface area contributed by atoms with Crippen molar-refractivity contribution in [1.29, 1.82) is 0 Å². The number of hydrogen-bond acceptors (Lipinski definition) is 3. The summed E-state index contributed by atoms with van der Waals surface area (Å²) in [5, 5.41) is 0. The summed E-state index contributed by atoms with van der Waals surface area (Å²) in [6, 6.07) is 0.749. The van der Waals surface area contributed by atoms with Gasteiger partial charge in [0, 0.05) is 5.56 Å². The molecule has 7 heteroatoms. The Morgan fingerprint density at radius 3 is 2.40 bits per heavy atom. The third kappa shape index (κ3) is 3.53. The van der Waals surface area contributed by atoms with Crippen LogP contribution in [0, 0.1) is 5.82 Å². The first kappa shape index (κ1) is 16.6. The van der Waals surface area contributed by atoms with Crippen molar-refractivity contribution < 1.29 is 27.0 Å². The van der Waals surface area contributed by atoms with Crippen molar-refractivity contribution in [2.45, 2.75) is 25.9 Å². The molecule has 0 saturated heterocycles. The first-order chi connectivity index (χ1) is 9.36. The number of methoxy groups -OCH3 is 1. The lowest BCUT2D eigenvalue weighted by Gasteiger charge is -2.19. The second kappa shape index (κ2) is 6.78. The third-order valence-corrected chi connectivity index (χ3v) is 2.65. The summed E-state index contributed by atoms with van der Waals surface area (Å²) >= 11 is 0. The van der Waals surface area contributed by atoms with Gasteiger partial charge >= 0.3 is 6.18 Å². The Morgan fingerprint density at radius 2 is 1.95 bits per heavy atom. The Balaban J connectivity index is 3.46. The smallest absolute Gasteiger partial charge is 0.420 e.